The van der Waals surface area contributed by atoms with Crippen molar-refractivity contribution in [1.82, 2.24) is 25.1 Å². The predicted molar refractivity (Wildman–Crippen MR) is 90.2 cm³/mol. The Labute approximate surface area is 143 Å². The third kappa shape index (κ3) is 3.83. The zero-order valence-corrected chi connectivity index (χ0v) is 14.0. The number of furan rings is 1. The van der Waals surface area contributed by atoms with Crippen LogP contribution < -0.4 is 5.32 Å². The van der Waals surface area contributed by atoms with Crippen molar-refractivity contribution in [2.45, 2.75) is 25.2 Å². The lowest BCUT2D eigenvalue weighted by molar-refractivity contribution is -0.118. The number of nitrogens with zero attached hydrogens (tertiary/aromatic N) is 4. The van der Waals surface area contributed by atoms with Gasteiger partial charge in [-0.2, -0.15) is 0 Å². The van der Waals surface area contributed by atoms with E-state index >= 15 is 0 Å². The summed E-state index contributed by atoms with van der Waals surface area (Å²) in [4.78, 5) is 16.2. The van der Waals surface area contributed by atoms with Crippen molar-refractivity contribution in [3.8, 4) is 11.5 Å². The highest BCUT2D eigenvalue weighted by Gasteiger charge is 2.15. The molecule has 0 atom stereocenters. The summed E-state index contributed by atoms with van der Waals surface area (Å²) in [6, 6.07) is 9.27. The van der Waals surface area contributed by atoms with E-state index in [9.17, 15) is 4.79 Å². The van der Waals surface area contributed by atoms with E-state index in [0.29, 0.717) is 24.1 Å². The van der Waals surface area contributed by atoms with Crippen molar-refractivity contribution in [3.63, 3.8) is 0 Å². The number of nitrogens with one attached hydrogen (secondary N) is 1. The van der Waals surface area contributed by atoms with Gasteiger partial charge >= 0.3 is 0 Å². The van der Waals surface area contributed by atoms with E-state index in [1.807, 2.05) is 35.8 Å². The summed E-state index contributed by atoms with van der Waals surface area (Å²) in [5, 5.41) is 11.9. The first kappa shape index (κ1) is 16.3. The van der Waals surface area contributed by atoms with Crippen molar-refractivity contribution in [2.75, 3.05) is 5.75 Å². The second-order valence-electron chi connectivity index (χ2n) is 4.91. The van der Waals surface area contributed by atoms with Crippen LogP contribution in [-0.2, 0) is 17.9 Å². The Kier molecular flexibility index (Phi) is 5.27. The zero-order valence-electron chi connectivity index (χ0n) is 13.2. The summed E-state index contributed by atoms with van der Waals surface area (Å²) < 4.78 is 7.13. The lowest BCUT2D eigenvalue weighted by atomic mass is 10.3. The SMILES string of the molecule is CCn1c(SCC(=O)NCc2ccco2)nnc1-c1ccccn1. The predicted octanol–water partition coefficient (Wildman–Crippen LogP) is 2.36. The first-order chi connectivity index (χ1) is 11.8. The van der Waals surface area contributed by atoms with Crippen LogP contribution in [-0.4, -0.2) is 31.4 Å². The van der Waals surface area contributed by atoms with Crippen molar-refractivity contribution >= 4 is 17.7 Å². The lowest BCUT2D eigenvalue weighted by Crippen LogP contribution is -2.24. The zero-order chi connectivity index (χ0) is 16.8. The molecule has 0 aliphatic heterocycles. The van der Waals surface area contributed by atoms with Crippen LogP contribution in [0.15, 0.2) is 52.4 Å². The third-order valence-corrected chi connectivity index (χ3v) is 4.27. The van der Waals surface area contributed by atoms with Crippen LogP contribution in [0.2, 0.25) is 0 Å². The molecule has 0 spiro atoms. The van der Waals surface area contributed by atoms with E-state index in [1.165, 1.54) is 11.8 Å². The quantitative estimate of drug-likeness (QED) is 0.663. The van der Waals surface area contributed by atoms with Gasteiger partial charge in [0.15, 0.2) is 11.0 Å². The first-order valence-electron chi connectivity index (χ1n) is 7.54. The number of rotatable bonds is 7. The monoisotopic (exact) mass is 343 g/mol. The Morgan fingerprint density at radius 1 is 1.29 bits per heavy atom. The average molecular weight is 343 g/mol. The number of aromatic nitrogens is 4. The Balaban J connectivity index is 1.61. The number of hydrogen-bond acceptors (Lipinski definition) is 6. The van der Waals surface area contributed by atoms with Crippen molar-refractivity contribution < 1.29 is 9.21 Å². The van der Waals surface area contributed by atoms with Gasteiger partial charge in [0.1, 0.15) is 11.5 Å². The topological polar surface area (TPSA) is 85.8 Å². The number of carbonyl (C=O) groups excluding carboxylic acids is 1. The molecule has 0 fully saturated rings. The van der Waals surface area contributed by atoms with E-state index in [0.717, 1.165) is 11.5 Å². The highest BCUT2D eigenvalue weighted by Crippen LogP contribution is 2.22. The molecule has 1 amide bonds. The summed E-state index contributed by atoms with van der Waals surface area (Å²) in [6.45, 7) is 3.10. The van der Waals surface area contributed by atoms with Gasteiger partial charge in [-0.3, -0.25) is 9.78 Å². The molecule has 124 valence electrons. The molecule has 3 rings (SSSR count). The van der Waals surface area contributed by atoms with E-state index in [-0.39, 0.29) is 11.7 Å². The molecule has 0 saturated heterocycles. The molecule has 0 aliphatic rings. The highest BCUT2D eigenvalue weighted by molar-refractivity contribution is 7.99. The van der Waals surface area contributed by atoms with Crippen LogP contribution in [0.25, 0.3) is 11.5 Å². The molecular weight excluding hydrogens is 326 g/mol. The van der Waals surface area contributed by atoms with Crippen molar-refractivity contribution in [3.05, 3.63) is 48.6 Å². The molecule has 7 nitrogen and oxygen atoms in total. The number of amides is 1. The van der Waals surface area contributed by atoms with Gasteiger partial charge < -0.3 is 14.3 Å². The maximum absolute atomic E-state index is 11.9. The fraction of sp³-hybridized carbons (Fsp3) is 0.250. The molecule has 3 aromatic heterocycles. The Morgan fingerprint density at radius 2 is 2.21 bits per heavy atom. The first-order valence-corrected chi connectivity index (χ1v) is 8.53. The van der Waals surface area contributed by atoms with Gasteiger partial charge in [0.2, 0.25) is 5.91 Å². The maximum atomic E-state index is 11.9. The largest absolute Gasteiger partial charge is 0.467 e. The van der Waals surface area contributed by atoms with Crippen molar-refractivity contribution in [1.29, 1.82) is 0 Å². The number of hydrogen-bond donors (Lipinski definition) is 1. The number of carbonyl (C=O) groups is 1. The second-order valence-corrected chi connectivity index (χ2v) is 5.85. The maximum Gasteiger partial charge on any atom is 0.230 e. The fourth-order valence-corrected chi connectivity index (χ4v) is 2.98. The smallest absolute Gasteiger partial charge is 0.230 e. The van der Waals surface area contributed by atoms with Gasteiger partial charge in [-0.1, -0.05) is 17.8 Å². The van der Waals surface area contributed by atoms with Gasteiger partial charge in [0.05, 0.1) is 18.6 Å². The van der Waals surface area contributed by atoms with E-state index in [1.54, 1.807) is 18.5 Å². The standard InChI is InChI=1S/C16H17N5O2S/c1-2-21-15(13-7-3-4-8-17-13)19-20-16(21)24-11-14(22)18-10-12-6-5-9-23-12/h3-9H,2,10-11H2,1H3,(H,18,22). The number of thioether (sulfide) groups is 1. The normalized spacial score (nSPS) is 10.7. The van der Waals surface area contributed by atoms with Gasteiger partial charge in [-0.15, -0.1) is 10.2 Å². The van der Waals surface area contributed by atoms with E-state index < -0.39 is 0 Å². The van der Waals surface area contributed by atoms with E-state index in [2.05, 4.69) is 20.5 Å². The number of pyridine rings is 1. The molecule has 0 aromatic carbocycles. The minimum Gasteiger partial charge on any atom is -0.467 e. The summed E-state index contributed by atoms with van der Waals surface area (Å²) in [7, 11) is 0. The van der Waals surface area contributed by atoms with Gasteiger partial charge in [-0.25, -0.2) is 0 Å². The molecule has 0 bridgehead atoms. The molecular formula is C16H17N5O2S. The summed E-state index contributed by atoms with van der Waals surface area (Å²) in [6.07, 6.45) is 3.30. The summed E-state index contributed by atoms with van der Waals surface area (Å²) in [5.74, 6) is 1.61. The minimum atomic E-state index is -0.0820. The molecule has 0 radical (unpaired) electrons. The Hall–Kier alpha value is -2.61. The molecule has 3 aromatic rings. The van der Waals surface area contributed by atoms with Crippen molar-refractivity contribution in [2.24, 2.45) is 0 Å². The molecule has 0 aliphatic carbocycles. The van der Waals surface area contributed by atoms with Gasteiger partial charge in [0.25, 0.3) is 0 Å². The van der Waals surface area contributed by atoms with Crippen LogP contribution >= 0.6 is 11.8 Å². The van der Waals surface area contributed by atoms with Crippen LogP contribution in [0.1, 0.15) is 12.7 Å². The van der Waals surface area contributed by atoms with Crippen LogP contribution in [0.5, 0.6) is 0 Å². The van der Waals surface area contributed by atoms with E-state index in [4.69, 9.17) is 4.42 Å². The Morgan fingerprint density at radius 3 is 2.92 bits per heavy atom. The molecule has 0 unspecified atom stereocenters. The molecule has 3 heterocycles. The lowest BCUT2D eigenvalue weighted by Gasteiger charge is -2.07. The summed E-state index contributed by atoms with van der Waals surface area (Å²) >= 11 is 1.35. The highest BCUT2D eigenvalue weighted by atomic mass is 32.2. The Bertz CT molecular complexity index is 786. The third-order valence-electron chi connectivity index (χ3n) is 3.30. The minimum absolute atomic E-state index is 0.0820. The second kappa shape index (κ2) is 7.78. The molecule has 24 heavy (non-hydrogen) atoms. The van der Waals surface area contributed by atoms with Crippen LogP contribution in [0.3, 0.4) is 0 Å². The molecule has 0 saturated carbocycles. The molecule has 8 heteroatoms. The molecule has 1 N–H and O–H groups in total. The van der Waals surface area contributed by atoms with Gasteiger partial charge in [0, 0.05) is 12.7 Å². The van der Waals surface area contributed by atoms with Gasteiger partial charge in [-0.05, 0) is 31.2 Å². The average Bonchev–Trinajstić information content (AvgIpc) is 3.28. The summed E-state index contributed by atoms with van der Waals surface area (Å²) in [5.41, 5.74) is 0.765. The van der Waals surface area contributed by atoms with Crippen LogP contribution in [0.4, 0.5) is 0 Å². The van der Waals surface area contributed by atoms with Crippen LogP contribution in [0, 0.1) is 0 Å². The fourth-order valence-electron chi connectivity index (χ4n) is 2.15.